The van der Waals surface area contributed by atoms with Crippen molar-refractivity contribution in [3.05, 3.63) is 34.9 Å². The van der Waals surface area contributed by atoms with Crippen molar-refractivity contribution >= 4 is 27.7 Å². The van der Waals surface area contributed by atoms with Crippen LogP contribution in [0.3, 0.4) is 0 Å². The number of nitrogens with two attached hydrogens (primary N) is 1. The summed E-state index contributed by atoms with van der Waals surface area (Å²) >= 11 is 6.16. The Balaban J connectivity index is 1.92. The lowest BCUT2D eigenvalue weighted by Crippen LogP contribution is -2.46. The van der Waals surface area contributed by atoms with Crippen molar-refractivity contribution in [2.24, 2.45) is 17.0 Å². The van der Waals surface area contributed by atoms with E-state index >= 15 is 0 Å². The Hall–Kier alpha value is -1.15. The second-order valence-corrected chi connectivity index (χ2v) is 8.17. The first-order valence-electron chi connectivity index (χ1n) is 8.06. The highest BCUT2D eigenvalue weighted by molar-refractivity contribution is 7.87. The first-order valence-corrected chi connectivity index (χ1v) is 9.98. The lowest BCUT2D eigenvalue weighted by Gasteiger charge is -2.34. The van der Waals surface area contributed by atoms with Crippen LogP contribution < -0.4 is 9.86 Å². The molecule has 134 valence electrons. The number of carbonyl (C=O) groups excluding carboxylic acids is 1. The van der Waals surface area contributed by atoms with Gasteiger partial charge in [0.15, 0.2) is 0 Å². The molecular formula is C16H24ClN3O3S. The number of amides is 1. The van der Waals surface area contributed by atoms with Crippen LogP contribution in [0.4, 0.5) is 0 Å². The smallest absolute Gasteiger partial charge is 0.274 e. The third kappa shape index (κ3) is 5.73. The van der Waals surface area contributed by atoms with E-state index in [0.29, 0.717) is 24.5 Å². The minimum atomic E-state index is -3.69. The first-order chi connectivity index (χ1) is 11.3. The Bertz CT molecular complexity index is 681. The van der Waals surface area contributed by atoms with Gasteiger partial charge in [-0.15, -0.1) is 0 Å². The summed E-state index contributed by atoms with van der Waals surface area (Å²) in [5.41, 5.74) is 0.962. The van der Waals surface area contributed by atoms with Crippen LogP contribution in [0.25, 0.3) is 0 Å². The molecule has 2 rings (SSSR count). The third-order valence-corrected chi connectivity index (χ3v) is 5.25. The summed E-state index contributed by atoms with van der Waals surface area (Å²) in [6, 6.07) is 7.53. The number of nitrogens with one attached hydrogen (secondary N) is 1. The second-order valence-electron chi connectivity index (χ2n) is 6.38. The number of hydrogen-bond donors (Lipinski definition) is 2. The van der Waals surface area contributed by atoms with Crippen molar-refractivity contribution in [3.8, 4) is 0 Å². The lowest BCUT2D eigenvalue weighted by molar-refractivity contribution is -0.136. The van der Waals surface area contributed by atoms with E-state index in [4.69, 9.17) is 16.7 Å². The predicted octanol–water partition coefficient (Wildman–Crippen LogP) is 1.55. The van der Waals surface area contributed by atoms with Gasteiger partial charge in [-0.25, -0.2) is 9.86 Å². The predicted molar refractivity (Wildman–Crippen MR) is 94.7 cm³/mol. The average molecular weight is 374 g/mol. The van der Waals surface area contributed by atoms with Gasteiger partial charge in [-0.05, 0) is 36.8 Å². The number of benzene rings is 1. The van der Waals surface area contributed by atoms with Gasteiger partial charge in [-0.1, -0.05) is 36.7 Å². The van der Waals surface area contributed by atoms with E-state index in [-0.39, 0.29) is 24.3 Å². The number of carbonyl (C=O) groups is 1. The molecule has 0 saturated carbocycles. The van der Waals surface area contributed by atoms with Crippen LogP contribution in [0.1, 0.15) is 25.3 Å². The molecule has 1 fully saturated rings. The van der Waals surface area contributed by atoms with Gasteiger partial charge in [0, 0.05) is 30.6 Å². The quantitative estimate of drug-likeness (QED) is 0.792. The molecule has 0 radical (unpaired) electrons. The van der Waals surface area contributed by atoms with Crippen LogP contribution in [0.15, 0.2) is 24.3 Å². The molecule has 1 amide bonds. The largest absolute Gasteiger partial charge is 0.342 e. The topological polar surface area (TPSA) is 92.5 Å². The minimum Gasteiger partial charge on any atom is -0.342 e. The fourth-order valence-corrected chi connectivity index (χ4v) is 3.74. The van der Waals surface area contributed by atoms with Crippen LogP contribution in [-0.4, -0.2) is 38.9 Å². The monoisotopic (exact) mass is 373 g/mol. The van der Waals surface area contributed by atoms with E-state index in [0.717, 1.165) is 18.4 Å². The number of hydrogen-bond acceptors (Lipinski definition) is 3. The Morgan fingerprint density at radius 2 is 2.17 bits per heavy atom. The molecule has 6 nitrogen and oxygen atoms in total. The summed E-state index contributed by atoms with van der Waals surface area (Å²) in [5, 5.41) is 5.64. The van der Waals surface area contributed by atoms with Gasteiger partial charge >= 0.3 is 0 Å². The molecule has 0 bridgehead atoms. The Labute approximate surface area is 148 Å². The number of halogens is 1. The van der Waals surface area contributed by atoms with Crippen molar-refractivity contribution in [2.45, 2.75) is 26.2 Å². The summed E-state index contributed by atoms with van der Waals surface area (Å²) in [5.74, 6) is -0.00128. The highest BCUT2D eigenvalue weighted by atomic mass is 35.5. The van der Waals surface area contributed by atoms with Gasteiger partial charge in [0.1, 0.15) is 0 Å². The van der Waals surface area contributed by atoms with E-state index in [1.54, 1.807) is 0 Å². The molecule has 1 aliphatic heterocycles. The first kappa shape index (κ1) is 19.2. The van der Waals surface area contributed by atoms with Gasteiger partial charge in [-0.2, -0.15) is 8.42 Å². The SMILES string of the molecule is CC(Cc1ccccc1Cl)C(=O)N1CCCC(CNS(N)(=O)=O)C1. The summed E-state index contributed by atoms with van der Waals surface area (Å²) in [6.07, 6.45) is 2.34. The zero-order valence-corrected chi connectivity index (χ0v) is 15.3. The minimum absolute atomic E-state index is 0.0789. The number of rotatable bonds is 6. The molecule has 1 heterocycles. The lowest BCUT2D eigenvalue weighted by atomic mass is 9.95. The maximum Gasteiger partial charge on any atom is 0.274 e. The van der Waals surface area contributed by atoms with Crippen LogP contribution in [0.5, 0.6) is 0 Å². The number of piperidine rings is 1. The summed E-state index contributed by atoms with van der Waals surface area (Å²) in [6.45, 7) is 3.42. The molecular weight excluding hydrogens is 350 g/mol. The molecule has 1 aliphatic rings. The molecule has 8 heteroatoms. The van der Waals surface area contributed by atoms with Gasteiger partial charge in [-0.3, -0.25) is 4.79 Å². The second kappa shape index (κ2) is 8.29. The molecule has 1 aromatic rings. The van der Waals surface area contributed by atoms with Crippen LogP contribution in [-0.2, 0) is 21.4 Å². The van der Waals surface area contributed by atoms with Crippen LogP contribution in [0.2, 0.25) is 5.02 Å². The number of likely N-dealkylation sites (tertiary alicyclic amines) is 1. The maximum atomic E-state index is 12.7. The molecule has 3 N–H and O–H groups in total. The molecule has 0 aliphatic carbocycles. The van der Waals surface area contributed by atoms with Crippen LogP contribution in [0, 0.1) is 11.8 Å². The molecule has 24 heavy (non-hydrogen) atoms. The summed E-state index contributed by atoms with van der Waals surface area (Å²) < 4.78 is 24.3. The third-order valence-electron chi connectivity index (χ3n) is 4.31. The maximum absolute atomic E-state index is 12.7. The Kier molecular flexibility index (Phi) is 6.62. The Morgan fingerprint density at radius 1 is 1.46 bits per heavy atom. The molecule has 2 atom stereocenters. The zero-order chi connectivity index (χ0) is 17.7. The highest BCUT2D eigenvalue weighted by Crippen LogP contribution is 2.22. The van der Waals surface area contributed by atoms with Gasteiger partial charge in [0.25, 0.3) is 10.2 Å². The average Bonchev–Trinajstić information content (AvgIpc) is 2.54. The van der Waals surface area contributed by atoms with Gasteiger partial charge in [0.2, 0.25) is 5.91 Å². The number of nitrogens with zero attached hydrogens (tertiary/aromatic N) is 1. The van der Waals surface area contributed by atoms with E-state index < -0.39 is 10.2 Å². The van der Waals surface area contributed by atoms with Gasteiger partial charge < -0.3 is 4.90 Å². The van der Waals surface area contributed by atoms with Crippen molar-refractivity contribution < 1.29 is 13.2 Å². The molecule has 1 saturated heterocycles. The fraction of sp³-hybridized carbons (Fsp3) is 0.562. The van der Waals surface area contributed by atoms with Crippen molar-refractivity contribution in [3.63, 3.8) is 0 Å². The molecule has 2 unspecified atom stereocenters. The summed E-state index contributed by atoms with van der Waals surface area (Å²) in [4.78, 5) is 14.5. The molecule has 0 spiro atoms. The van der Waals surface area contributed by atoms with E-state index in [1.165, 1.54) is 0 Å². The van der Waals surface area contributed by atoms with E-state index in [1.807, 2.05) is 36.1 Å². The summed E-state index contributed by atoms with van der Waals surface area (Å²) in [7, 11) is -3.69. The van der Waals surface area contributed by atoms with E-state index in [2.05, 4.69) is 4.72 Å². The normalized spacial score (nSPS) is 20.0. The van der Waals surface area contributed by atoms with Crippen molar-refractivity contribution in [1.29, 1.82) is 0 Å². The fourth-order valence-electron chi connectivity index (χ4n) is 3.06. The molecule has 1 aromatic carbocycles. The standard InChI is InChI=1S/C16H24ClN3O3S/c1-12(9-14-6-2-3-7-15(14)17)16(21)20-8-4-5-13(11-20)10-19-24(18,22)23/h2-3,6-7,12-13,19H,4-5,8-11H2,1H3,(H2,18,22,23). The van der Waals surface area contributed by atoms with Crippen molar-refractivity contribution in [1.82, 2.24) is 9.62 Å². The Morgan fingerprint density at radius 3 is 2.83 bits per heavy atom. The van der Waals surface area contributed by atoms with E-state index in [9.17, 15) is 13.2 Å². The van der Waals surface area contributed by atoms with Crippen molar-refractivity contribution in [2.75, 3.05) is 19.6 Å². The van der Waals surface area contributed by atoms with Crippen LogP contribution >= 0.6 is 11.6 Å². The van der Waals surface area contributed by atoms with Gasteiger partial charge in [0.05, 0.1) is 0 Å². The highest BCUT2D eigenvalue weighted by Gasteiger charge is 2.27. The zero-order valence-electron chi connectivity index (χ0n) is 13.7. The molecule has 0 aromatic heterocycles.